The van der Waals surface area contributed by atoms with Crippen LogP contribution < -0.4 is 0 Å². The third-order valence-corrected chi connectivity index (χ3v) is 2.78. The van der Waals surface area contributed by atoms with Gasteiger partial charge in [0.25, 0.3) is 0 Å². The number of aromatic nitrogens is 2. The van der Waals surface area contributed by atoms with E-state index in [9.17, 15) is 5.11 Å². The second kappa shape index (κ2) is 5.98. The lowest BCUT2D eigenvalue weighted by molar-refractivity contribution is 0.211. The van der Waals surface area contributed by atoms with E-state index in [0.29, 0.717) is 5.82 Å². The van der Waals surface area contributed by atoms with Crippen molar-refractivity contribution in [2.75, 3.05) is 0 Å². The number of aliphatic hydroxyl groups excluding tert-OH is 1. The number of hydrogen-bond donors (Lipinski definition) is 2. The van der Waals surface area contributed by atoms with Gasteiger partial charge >= 0.3 is 0 Å². The Bertz CT molecular complexity index is 613. The molecule has 0 spiro atoms. The Morgan fingerprint density at radius 3 is 2.26 bits per heavy atom. The number of H-pyrrole nitrogens is 1. The van der Waals surface area contributed by atoms with E-state index in [1.54, 1.807) is 0 Å². The lowest BCUT2D eigenvalue weighted by Crippen LogP contribution is -2.01. The summed E-state index contributed by atoms with van der Waals surface area (Å²) < 4.78 is 0. The normalized spacial score (nSPS) is 11.6. The van der Waals surface area contributed by atoms with Gasteiger partial charge in [0.15, 0.2) is 0 Å². The molecule has 96 valence electrons. The van der Waals surface area contributed by atoms with E-state index in [4.69, 9.17) is 0 Å². The van der Waals surface area contributed by atoms with Gasteiger partial charge < -0.3 is 10.1 Å². The summed E-state index contributed by atoms with van der Waals surface area (Å²) >= 11 is 0. The molecule has 0 bridgehead atoms. The van der Waals surface area contributed by atoms with Crippen LogP contribution in [0.3, 0.4) is 0 Å². The highest BCUT2D eigenvalue weighted by atomic mass is 16.3. The zero-order valence-electron chi connectivity index (χ0n) is 10.6. The van der Waals surface area contributed by atoms with Crippen molar-refractivity contribution in [2.24, 2.45) is 0 Å². The van der Waals surface area contributed by atoms with Crippen molar-refractivity contribution in [3.05, 3.63) is 79.1 Å². The van der Waals surface area contributed by atoms with E-state index < -0.39 is 6.10 Å². The summed E-state index contributed by atoms with van der Waals surface area (Å²) in [4.78, 5) is 7.52. The van der Waals surface area contributed by atoms with Crippen molar-refractivity contribution in [3.8, 4) is 0 Å². The molecule has 3 aromatic rings. The van der Waals surface area contributed by atoms with Crippen molar-refractivity contribution in [1.29, 1.82) is 0 Å². The molecule has 19 heavy (non-hydrogen) atoms. The van der Waals surface area contributed by atoms with Crippen LogP contribution in [0.2, 0.25) is 0 Å². The van der Waals surface area contributed by atoms with Crippen molar-refractivity contribution in [1.82, 2.24) is 9.97 Å². The second-order valence-corrected chi connectivity index (χ2v) is 3.95. The molecular weight excluding hydrogens is 236 g/mol. The number of aliphatic hydroxyl groups is 1. The lowest BCUT2D eigenvalue weighted by Gasteiger charge is -2.06. The van der Waals surface area contributed by atoms with E-state index in [1.165, 1.54) is 0 Å². The molecule has 0 aliphatic rings. The molecule has 1 aromatic heterocycles. The Hall–Kier alpha value is -2.39. The summed E-state index contributed by atoms with van der Waals surface area (Å²) in [5.41, 5.74) is 2.65. The molecule has 0 aliphatic carbocycles. The quantitative estimate of drug-likeness (QED) is 0.686. The van der Waals surface area contributed by atoms with Crippen LogP contribution in [0.25, 0.3) is 11.0 Å². The number of nitrogens with zero attached hydrogens (tertiary/aromatic N) is 1. The summed E-state index contributed by atoms with van der Waals surface area (Å²) in [5, 5.41) is 10.2. The Labute approximate surface area is 112 Å². The van der Waals surface area contributed by atoms with E-state index >= 15 is 0 Å². The monoisotopic (exact) mass is 252 g/mol. The standard InChI is InChI=1S/C14H12N2O.C2H4/c17-13(10-6-2-1-3-7-10)14-15-11-8-4-5-9-12(11)16-14;1-2/h1-9,13,17H,(H,15,16);1-2H2. The van der Waals surface area contributed by atoms with Gasteiger partial charge in [-0.2, -0.15) is 0 Å². The van der Waals surface area contributed by atoms with E-state index in [2.05, 4.69) is 23.1 Å². The van der Waals surface area contributed by atoms with Crippen LogP contribution >= 0.6 is 0 Å². The van der Waals surface area contributed by atoms with Gasteiger partial charge in [0.1, 0.15) is 11.9 Å². The molecule has 3 heteroatoms. The Balaban J connectivity index is 0.000000637. The molecule has 0 saturated carbocycles. The predicted octanol–water partition coefficient (Wildman–Crippen LogP) is 3.45. The number of rotatable bonds is 2. The second-order valence-electron chi connectivity index (χ2n) is 3.95. The topological polar surface area (TPSA) is 48.9 Å². The first kappa shape index (κ1) is 13.1. The summed E-state index contributed by atoms with van der Waals surface area (Å²) in [6.07, 6.45) is -0.705. The van der Waals surface area contributed by atoms with E-state index in [1.807, 2.05) is 54.6 Å². The van der Waals surface area contributed by atoms with Crippen LogP contribution in [0.1, 0.15) is 17.5 Å². The highest BCUT2D eigenvalue weighted by Crippen LogP contribution is 2.21. The zero-order valence-corrected chi connectivity index (χ0v) is 10.6. The Kier molecular flexibility index (Phi) is 4.11. The van der Waals surface area contributed by atoms with Gasteiger partial charge in [0.05, 0.1) is 11.0 Å². The molecule has 0 aliphatic heterocycles. The van der Waals surface area contributed by atoms with Gasteiger partial charge in [0, 0.05) is 0 Å². The predicted molar refractivity (Wildman–Crippen MR) is 77.9 cm³/mol. The minimum absolute atomic E-state index is 0.581. The molecule has 3 nitrogen and oxygen atoms in total. The molecule has 0 saturated heterocycles. The number of fused-ring (bicyclic) bond motifs is 1. The smallest absolute Gasteiger partial charge is 0.140 e. The summed E-state index contributed by atoms with van der Waals surface area (Å²) in [7, 11) is 0. The number of hydrogen-bond acceptors (Lipinski definition) is 2. The van der Waals surface area contributed by atoms with E-state index in [-0.39, 0.29) is 0 Å². The Morgan fingerprint density at radius 2 is 1.58 bits per heavy atom. The number of imidazole rings is 1. The van der Waals surface area contributed by atoms with Crippen LogP contribution in [-0.2, 0) is 0 Å². The van der Waals surface area contributed by atoms with Gasteiger partial charge in [-0.15, -0.1) is 13.2 Å². The van der Waals surface area contributed by atoms with Crippen molar-refractivity contribution >= 4 is 11.0 Å². The average molecular weight is 252 g/mol. The van der Waals surface area contributed by atoms with Gasteiger partial charge in [0.2, 0.25) is 0 Å². The minimum Gasteiger partial charge on any atom is -0.380 e. The number of para-hydroxylation sites is 2. The molecule has 0 amide bonds. The number of benzene rings is 2. The largest absolute Gasteiger partial charge is 0.380 e. The van der Waals surface area contributed by atoms with E-state index in [0.717, 1.165) is 16.6 Å². The highest BCUT2D eigenvalue weighted by Gasteiger charge is 2.13. The first-order chi connectivity index (χ1) is 9.34. The third-order valence-electron chi connectivity index (χ3n) is 2.78. The van der Waals surface area contributed by atoms with Gasteiger partial charge in [-0.1, -0.05) is 42.5 Å². The van der Waals surface area contributed by atoms with Crippen LogP contribution in [0.4, 0.5) is 0 Å². The number of nitrogens with one attached hydrogen (secondary N) is 1. The maximum absolute atomic E-state index is 10.2. The van der Waals surface area contributed by atoms with Crippen molar-refractivity contribution in [3.63, 3.8) is 0 Å². The minimum atomic E-state index is -0.705. The molecule has 1 heterocycles. The summed E-state index contributed by atoms with van der Waals surface area (Å²) in [5.74, 6) is 0.581. The zero-order chi connectivity index (χ0) is 13.7. The maximum atomic E-state index is 10.2. The van der Waals surface area contributed by atoms with Gasteiger partial charge in [-0.25, -0.2) is 4.98 Å². The van der Waals surface area contributed by atoms with Crippen molar-refractivity contribution in [2.45, 2.75) is 6.10 Å². The molecule has 2 N–H and O–H groups in total. The third kappa shape index (κ3) is 2.72. The molecule has 3 rings (SSSR count). The molecule has 0 fully saturated rings. The first-order valence-corrected chi connectivity index (χ1v) is 6.02. The lowest BCUT2D eigenvalue weighted by atomic mass is 10.1. The van der Waals surface area contributed by atoms with Gasteiger partial charge in [-0.05, 0) is 17.7 Å². The number of aromatic amines is 1. The first-order valence-electron chi connectivity index (χ1n) is 6.02. The SMILES string of the molecule is C=C.OC(c1ccccc1)c1nc2ccccc2[nH]1. The summed E-state index contributed by atoms with van der Waals surface area (Å²) in [6, 6.07) is 17.3. The fourth-order valence-corrected chi connectivity index (χ4v) is 1.90. The Morgan fingerprint density at radius 1 is 0.947 bits per heavy atom. The fourth-order valence-electron chi connectivity index (χ4n) is 1.90. The fraction of sp³-hybridized carbons (Fsp3) is 0.0625. The average Bonchev–Trinajstić information content (AvgIpc) is 2.93. The van der Waals surface area contributed by atoms with Crippen LogP contribution in [-0.4, -0.2) is 15.1 Å². The van der Waals surface area contributed by atoms with Crippen LogP contribution in [0.5, 0.6) is 0 Å². The molecule has 2 aromatic carbocycles. The van der Waals surface area contributed by atoms with Crippen molar-refractivity contribution < 1.29 is 5.11 Å². The molecular formula is C16H16N2O. The van der Waals surface area contributed by atoms with Crippen LogP contribution in [0, 0.1) is 0 Å². The highest BCUT2D eigenvalue weighted by molar-refractivity contribution is 5.74. The van der Waals surface area contributed by atoms with Crippen LogP contribution in [0.15, 0.2) is 67.8 Å². The summed E-state index contributed by atoms with van der Waals surface area (Å²) in [6.45, 7) is 6.00. The molecule has 1 unspecified atom stereocenters. The maximum Gasteiger partial charge on any atom is 0.140 e. The van der Waals surface area contributed by atoms with Gasteiger partial charge in [-0.3, -0.25) is 0 Å². The molecule has 1 atom stereocenters. The molecule has 0 radical (unpaired) electrons.